The molecule has 0 bridgehead atoms. The highest BCUT2D eigenvalue weighted by atomic mass is 16.3. The third-order valence-corrected chi connectivity index (χ3v) is 3.68. The number of hydrogen-bond acceptors (Lipinski definition) is 3. The minimum atomic E-state index is -0.239. The summed E-state index contributed by atoms with van der Waals surface area (Å²) >= 11 is 0. The Bertz CT molecular complexity index is 619. The Kier molecular flexibility index (Phi) is 4.47. The molecule has 0 saturated carbocycles. The molecule has 6 nitrogen and oxygen atoms in total. The number of aliphatic hydroxyl groups is 1. The van der Waals surface area contributed by atoms with E-state index in [4.69, 9.17) is 0 Å². The van der Waals surface area contributed by atoms with Crippen LogP contribution in [0.3, 0.4) is 0 Å². The van der Waals surface area contributed by atoms with Crippen LogP contribution in [0.15, 0.2) is 18.3 Å². The lowest BCUT2D eigenvalue weighted by Gasteiger charge is -2.16. The van der Waals surface area contributed by atoms with Crippen LogP contribution >= 0.6 is 0 Å². The van der Waals surface area contributed by atoms with Crippen molar-refractivity contribution < 1.29 is 9.90 Å². The summed E-state index contributed by atoms with van der Waals surface area (Å²) in [6.45, 7) is 5.83. The van der Waals surface area contributed by atoms with Crippen LogP contribution in [-0.2, 0) is 7.05 Å². The van der Waals surface area contributed by atoms with Crippen LogP contribution in [0.25, 0.3) is 5.82 Å². The summed E-state index contributed by atoms with van der Waals surface area (Å²) in [7, 11) is 1.81. The van der Waals surface area contributed by atoms with Crippen molar-refractivity contribution >= 4 is 5.91 Å². The molecule has 0 aliphatic rings. The van der Waals surface area contributed by atoms with E-state index in [-0.39, 0.29) is 18.6 Å². The molecule has 0 aliphatic carbocycles. The highest BCUT2D eigenvalue weighted by Crippen LogP contribution is 2.19. The van der Waals surface area contributed by atoms with E-state index < -0.39 is 0 Å². The van der Waals surface area contributed by atoms with Crippen molar-refractivity contribution in [3.05, 3.63) is 35.3 Å². The molecule has 1 unspecified atom stereocenters. The minimum absolute atomic E-state index is 0.0700. The Morgan fingerprint density at radius 2 is 2.00 bits per heavy atom. The second kappa shape index (κ2) is 6.13. The van der Waals surface area contributed by atoms with E-state index in [1.165, 1.54) is 0 Å². The molecule has 0 saturated heterocycles. The van der Waals surface area contributed by atoms with Crippen LogP contribution in [0.4, 0.5) is 0 Å². The molecule has 21 heavy (non-hydrogen) atoms. The van der Waals surface area contributed by atoms with Gasteiger partial charge in [0.1, 0.15) is 11.4 Å². The lowest BCUT2D eigenvalue weighted by Crippen LogP contribution is -2.37. The molecule has 0 radical (unpaired) electrons. The van der Waals surface area contributed by atoms with E-state index in [1.807, 2.05) is 44.5 Å². The van der Waals surface area contributed by atoms with Gasteiger partial charge < -0.3 is 15.0 Å². The van der Waals surface area contributed by atoms with Gasteiger partial charge in [0.05, 0.1) is 18.8 Å². The zero-order chi connectivity index (χ0) is 15.6. The van der Waals surface area contributed by atoms with Gasteiger partial charge in [-0.25, -0.2) is 0 Å². The molecule has 0 aromatic carbocycles. The van der Waals surface area contributed by atoms with Crippen LogP contribution in [0, 0.1) is 13.8 Å². The van der Waals surface area contributed by atoms with Gasteiger partial charge in [0.15, 0.2) is 0 Å². The molecule has 0 fully saturated rings. The van der Waals surface area contributed by atoms with E-state index in [2.05, 4.69) is 10.4 Å². The molecule has 0 spiro atoms. The maximum atomic E-state index is 12.4. The maximum absolute atomic E-state index is 12.4. The third-order valence-electron chi connectivity index (χ3n) is 3.68. The Hall–Kier alpha value is -2.08. The monoisotopic (exact) mass is 290 g/mol. The zero-order valence-corrected chi connectivity index (χ0v) is 12.9. The van der Waals surface area contributed by atoms with Crippen LogP contribution in [0.5, 0.6) is 0 Å². The van der Waals surface area contributed by atoms with E-state index >= 15 is 0 Å². The van der Waals surface area contributed by atoms with E-state index in [1.54, 1.807) is 10.9 Å². The first kappa shape index (κ1) is 15.3. The molecular formula is C15H22N4O2. The highest BCUT2D eigenvalue weighted by Gasteiger charge is 2.21. The molecule has 1 amide bonds. The second-order valence-electron chi connectivity index (χ2n) is 5.22. The Labute approximate surface area is 124 Å². The molecule has 1 atom stereocenters. The van der Waals surface area contributed by atoms with Gasteiger partial charge in [-0.05, 0) is 32.4 Å². The molecule has 0 aliphatic heterocycles. The first-order valence-corrected chi connectivity index (χ1v) is 7.08. The van der Waals surface area contributed by atoms with Crippen molar-refractivity contribution in [1.82, 2.24) is 19.7 Å². The summed E-state index contributed by atoms with van der Waals surface area (Å²) in [4.78, 5) is 12.4. The summed E-state index contributed by atoms with van der Waals surface area (Å²) in [5.74, 6) is 0.520. The zero-order valence-electron chi connectivity index (χ0n) is 12.9. The van der Waals surface area contributed by atoms with Gasteiger partial charge in [0.2, 0.25) is 0 Å². The number of aliphatic hydroxyl groups excluding tert-OH is 1. The molecule has 6 heteroatoms. The van der Waals surface area contributed by atoms with Crippen LogP contribution in [0.1, 0.15) is 35.1 Å². The standard InChI is InChI=1S/C15H22N4O2/c1-5-12(9-20)17-14(21)13-8-16-18(4)15(13)19-10(2)6-7-11(19)3/h6-8,12,20H,5,9H2,1-4H3,(H,17,21). The third kappa shape index (κ3) is 2.85. The second-order valence-corrected chi connectivity index (χ2v) is 5.22. The van der Waals surface area contributed by atoms with Gasteiger partial charge in [-0.3, -0.25) is 9.48 Å². The van der Waals surface area contributed by atoms with Crippen LogP contribution < -0.4 is 5.32 Å². The first-order valence-electron chi connectivity index (χ1n) is 7.08. The summed E-state index contributed by atoms with van der Waals surface area (Å²) in [5, 5.41) is 16.3. The predicted molar refractivity (Wildman–Crippen MR) is 80.6 cm³/mol. The fourth-order valence-corrected chi connectivity index (χ4v) is 2.40. The number of nitrogens with zero attached hydrogens (tertiary/aromatic N) is 3. The number of nitrogens with one attached hydrogen (secondary N) is 1. The van der Waals surface area contributed by atoms with Gasteiger partial charge in [0.25, 0.3) is 5.91 Å². The molecular weight excluding hydrogens is 268 g/mol. The number of hydrogen-bond donors (Lipinski definition) is 2. The molecule has 2 N–H and O–H groups in total. The first-order chi connectivity index (χ1) is 9.99. The van der Waals surface area contributed by atoms with Gasteiger partial charge in [-0.2, -0.15) is 5.10 Å². The predicted octanol–water partition coefficient (Wildman–Crippen LogP) is 1.33. The Morgan fingerprint density at radius 3 is 2.52 bits per heavy atom. The average molecular weight is 290 g/mol. The quantitative estimate of drug-likeness (QED) is 0.872. The number of carbonyl (C=O) groups excluding carboxylic acids is 1. The normalized spacial score (nSPS) is 12.4. The highest BCUT2D eigenvalue weighted by molar-refractivity contribution is 5.97. The number of aryl methyl sites for hydroxylation is 3. The van der Waals surface area contributed by atoms with Crippen molar-refractivity contribution in [2.24, 2.45) is 7.05 Å². The van der Waals surface area contributed by atoms with Gasteiger partial charge >= 0.3 is 0 Å². The van der Waals surface area contributed by atoms with Crippen molar-refractivity contribution in [3.8, 4) is 5.82 Å². The minimum Gasteiger partial charge on any atom is -0.394 e. The summed E-state index contributed by atoms with van der Waals surface area (Å²) in [6.07, 6.45) is 2.24. The molecule has 2 heterocycles. The lowest BCUT2D eigenvalue weighted by atomic mass is 10.2. The van der Waals surface area contributed by atoms with Gasteiger partial charge in [0, 0.05) is 18.4 Å². The van der Waals surface area contributed by atoms with Crippen LogP contribution in [0.2, 0.25) is 0 Å². The fourth-order valence-electron chi connectivity index (χ4n) is 2.40. The topological polar surface area (TPSA) is 72.1 Å². The van der Waals surface area contributed by atoms with Crippen molar-refractivity contribution in [3.63, 3.8) is 0 Å². The SMILES string of the molecule is CCC(CO)NC(=O)c1cnn(C)c1-n1c(C)ccc1C. The molecule has 2 aromatic heterocycles. The molecule has 114 valence electrons. The van der Waals surface area contributed by atoms with Crippen molar-refractivity contribution in [1.29, 1.82) is 0 Å². The van der Waals surface area contributed by atoms with Gasteiger partial charge in [-0.15, -0.1) is 0 Å². The number of rotatable bonds is 5. The summed E-state index contributed by atoms with van der Waals surface area (Å²) in [6, 6.07) is 3.77. The van der Waals surface area contributed by atoms with E-state index in [9.17, 15) is 9.90 Å². The van der Waals surface area contributed by atoms with Gasteiger partial charge in [-0.1, -0.05) is 6.92 Å². The van der Waals surface area contributed by atoms with Crippen LogP contribution in [-0.4, -0.2) is 38.0 Å². The van der Waals surface area contributed by atoms with E-state index in [0.29, 0.717) is 12.0 Å². The number of carbonyl (C=O) groups is 1. The molecule has 2 rings (SSSR count). The van der Waals surface area contributed by atoms with E-state index in [0.717, 1.165) is 17.2 Å². The molecule has 2 aromatic rings. The number of aromatic nitrogens is 3. The van der Waals surface area contributed by atoms with Crippen molar-refractivity contribution in [2.45, 2.75) is 33.2 Å². The Balaban J connectivity index is 2.41. The smallest absolute Gasteiger partial charge is 0.256 e. The summed E-state index contributed by atoms with van der Waals surface area (Å²) < 4.78 is 3.69. The fraction of sp³-hybridized carbons (Fsp3) is 0.467. The van der Waals surface area contributed by atoms with Crippen molar-refractivity contribution in [2.75, 3.05) is 6.61 Å². The average Bonchev–Trinajstić information content (AvgIpc) is 2.99. The summed E-state index contributed by atoms with van der Waals surface area (Å²) in [5.41, 5.74) is 2.59. The number of amides is 1. The lowest BCUT2D eigenvalue weighted by molar-refractivity contribution is 0.0915. The maximum Gasteiger partial charge on any atom is 0.256 e. The Morgan fingerprint density at radius 1 is 1.38 bits per heavy atom. The largest absolute Gasteiger partial charge is 0.394 e.